The summed E-state index contributed by atoms with van der Waals surface area (Å²) in [4.78, 5) is 52.2. The number of aryl methyl sites for hydroxylation is 1. The normalized spacial score (nSPS) is 12.6. The van der Waals surface area contributed by atoms with Crippen molar-refractivity contribution in [1.29, 1.82) is 0 Å². The van der Waals surface area contributed by atoms with Gasteiger partial charge in [0, 0.05) is 11.3 Å². The molecule has 1 heterocycles. The van der Waals surface area contributed by atoms with Gasteiger partial charge in [0.2, 0.25) is 5.78 Å². The van der Waals surface area contributed by atoms with E-state index in [1.807, 2.05) is 0 Å². The number of ether oxygens (including phenoxy) is 2. The standard InChI is InChI=1S/C22H26N2O6/c1-6-29-22(28)17-12(2)18(23-13(17)3)19(25)15(5)30-21(27)14(4)24-20(26)16-10-8-7-9-11-16/h7-11,14-15,23H,6H2,1-5H3,(H,24,26)/t14-,15+/m0/s1. The minimum atomic E-state index is -1.11. The molecule has 1 aromatic carbocycles. The van der Waals surface area contributed by atoms with Crippen molar-refractivity contribution in [2.24, 2.45) is 0 Å². The molecule has 1 aromatic heterocycles. The number of benzene rings is 1. The van der Waals surface area contributed by atoms with Crippen LogP contribution in [0.5, 0.6) is 0 Å². The maximum atomic E-state index is 12.8. The van der Waals surface area contributed by atoms with E-state index in [2.05, 4.69) is 10.3 Å². The van der Waals surface area contributed by atoms with Gasteiger partial charge in [-0.1, -0.05) is 18.2 Å². The summed E-state index contributed by atoms with van der Waals surface area (Å²) >= 11 is 0. The van der Waals surface area contributed by atoms with Gasteiger partial charge in [-0.05, 0) is 52.3 Å². The molecular weight excluding hydrogens is 388 g/mol. The minimum Gasteiger partial charge on any atom is -0.462 e. The van der Waals surface area contributed by atoms with Crippen molar-refractivity contribution >= 4 is 23.6 Å². The molecular formula is C22H26N2O6. The van der Waals surface area contributed by atoms with Gasteiger partial charge in [-0.15, -0.1) is 0 Å². The third-order valence-electron chi connectivity index (χ3n) is 4.56. The van der Waals surface area contributed by atoms with Crippen LogP contribution in [0.15, 0.2) is 30.3 Å². The van der Waals surface area contributed by atoms with E-state index >= 15 is 0 Å². The molecule has 2 aromatic rings. The van der Waals surface area contributed by atoms with E-state index in [-0.39, 0.29) is 12.3 Å². The lowest BCUT2D eigenvalue weighted by molar-refractivity contribution is -0.148. The molecule has 0 spiro atoms. The molecule has 2 atom stereocenters. The van der Waals surface area contributed by atoms with E-state index in [4.69, 9.17) is 9.47 Å². The Morgan fingerprint density at radius 2 is 1.70 bits per heavy atom. The van der Waals surface area contributed by atoms with Crippen LogP contribution in [0.3, 0.4) is 0 Å². The Bertz CT molecular complexity index is 948. The van der Waals surface area contributed by atoms with Gasteiger partial charge < -0.3 is 19.8 Å². The topological polar surface area (TPSA) is 115 Å². The van der Waals surface area contributed by atoms with Gasteiger partial charge in [0.05, 0.1) is 17.9 Å². The Morgan fingerprint density at radius 1 is 1.07 bits per heavy atom. The smallest absolute Gasteiger partial charge is 0.340 e. The Labute approximate surface area is 175 Å². The highest BCUT2D eigenvalue weighted by Crippen LogP contribution is 2.21. The molecule has 8 heteroatoms. The number of ketones is 1. The highest BCUT2D eigenvalue weighted by Gasteiger charge is 2.29. The Morgan fingerprint density at radius 3 is 2.30 bits per heavy atom. The van der Waals surface area contributed by atoms with Crippen LogP contribution in [0.25, 0.3) is 0 Å². The number of hydrogen-bond acceptors (Lipinski definition) is 6. The summed E-state index contributed by atoms with van der Waals surface area (Å²) in [5, 5.41) is 2.54. The second-order valence-electron chi connectivity index (χ2n) is 6.85. The summed E-state index contributed by atoms with van der Waals surface area (Å²) in [5.41, 5.74) is 1.81. The highest BCUT2D eigenvalue weighted by atomic mass is 16.5. The zero-order valence-electron chi connectivity index (χ0n) is 17.7. The lowest BCUT2D eigenvalue weighted by Gasteiger charge is -2.17. The number of carbonyl (C=O) groups is 4. The summed E-state index contributed by atoms with van der Waals surface area (Å²) < 4.78 is 10.3. The van der Waals surface area contributed by atoms with Gasteiger partial charge in [0.1, 0.15) is 6.04 Å². The molecule has 0 saturated heterocycles. The van der Waals surface area contributed by atoms with Crippen molar-refractivity contribution in [3.05, 3.63) is 58.4 Å². The van der Waals surface area contributed by atoms with Gasteiger partial charge in [0.15, 0.2) is 6.10 Å². The second kappa shape index (κ2) is 9.87. The molecule has 160 valence electrons. The van der Waals surface area contributed by atoms with Crippen LogP contribution in [0.2, 0.25) is 0 Å². The molecule has 0 radical (unpaired) electrons. The molecule has 0 aliphatic carbocycles. The molecule has 0 aliphatic heterocycles. The number of rotatable bonds is 8. The number of carbonyl (C=O) groups excluding carboxylic acids is 4. The lowest BCUT2D eigenvalue weighted by Crippen LogP contribution is -2.41. The van der Waals surface area contributed by atoms with Crippen LogP contribution in [0.4, 0.5) is 0 Å². The molecule has 0 fully saturated rings. The number of esters is 2. The predicted octanol–water partition coefficient (Wildman–Crippen LogP) is 2.74. The van der Waals surface area contributed by atoms with E-state index in [9.17, 15) is 19.2 Å². The average molecular weight is 414 g/mol. The predicted molar refractivity (Wildman–Crippen MR) is 109 cm³/mol. The average Bonchev–Trinajstić information content (AvgIpc) is 3.01. The number of hydrogen-bond donors (Lipinski definition) is 2. The van der Waals surface area contributed by atoms with Crippen LogP contribution in [-0.4, -0.2) is 47.4 Å². The largest absolute Gasteiger partial charge is 0.462 e. The van der Waals surface area contributed by atoms with E-state index in [1.165, 1.54) is 13.8 Å². The number of nitrogens with one attached hydrogen (secondary N) is 2. The van der Waals surface area contributed by atoms with Crippen LogP contribution in [0, 0.1) is 13.8 Å². The van der Waals surface area contributed by atoms with Crippen LogP contribution in [-0.2, 0) is 14.3 Å². The Kier molecular flexibility index (Phi) is 7.52. The first-order valence-corrected chi connectivity index (χ1v) is 9.64. The maximum Gasteiger partial charge on any atom is 0.340 e. The van der Waals surface area contributed by atoms with Crippen molar-refractivity contribution in [2.45, 2.75) is 46.8 Å². The summed E-state index contributed by atoms with van der Waals surface area (Å²) in [6.07, 6.45) is -1.11. The van der Waals surface area contributed by atoms with E-state index < -0.39 is 35.8 Å². The fourth-order valence-corrected chi connectivity index (χ4v) is 2.97. The summed E-state index contributed by atoms with van der Waals surface area (Å²) in [6.45, 7) is 8.11. The molecule has 2 N–H and O–H groups in total. The number of H-pyrrole nitrogens is 1. The molecule has 0 bridgehead atoms. The number of aromatic amines is 1. The monoisotopic (exact) mass is 414 g/mol. The molecule has 0 saturated carbocycles. The Hall–Kier alpha value is -3.42. The van der Waals surface area contributed by atoms with Crippen molar-refractivity contribution in [1.82, 2.24) is 10.3 Å². The van der Waals surface area contributed by atoms with Gasteiger partial charge in [0.25, 0.3) is 5.91 Å². The number of Topliss-reactive ketones (excluding diaryl/α,β-unsaturated/α-hetero) is 1. The number of amides is 1. The molecule has 1 amide bonds. The van der Waals surface area contributed by atoms with E-state index in [1.54, 1.807) is 51.1 Å². The first-order chi connectivity index (χ1) is 14.2. The van der Waals surface area contributed by atoms with Crippen molar-refractivity contribution < 1.29 is 28.7 Å². The molecule has 30 heavy (non-hydrogen) atoms. The first kappa shape index (κ1) is 22.9. The van der Waals surface area contributed by atoms with Crippen molar-refractivity contribution in [2.75, 3.05) is 6.61 Å². The fourth-order valence-electron chi connectivity index (χ4n) is 2.97. The van der Waals surface area contributed by atoms with Crippen molar-refractivity contribution in [3.63, 3.8) is 0 Å². The van der Waals surface area contributed by atoms with E-state index in [0.717, 1.165) is 0 Å². The van der Waals surface area contributed by atoms with Crippen LogP contribution < -0.4 is 5.32 Å². The maximum absolute atomic E-state index is 12.8. The molecule has 8 nitrogen and oxygen atoms in total. The van der Waals surface area contributed by atoms with Crippen LogP contribution in [0.1, 0.15) is 63.2 Å². The van der Waals surface area contributed by atoms with Gasteiger partial charge >= 0.3 is 11.9 Å². The number of aromatic nitrogens is 1. The zero-order valence-corrected chi connectivity index (χ0v) is 17.7. The third kappa shape index (κ3) is 5.14. The van der Waals surface area contributed by atoms with Gasteiger partial charge in [-0.2, -0.15) is 0 Å². The highest BCUT2D eigenvalue weighted by molar-refractivity contribution is 6.04. The summed E-state index contributed by atoms with van der Waals surface area (Å²) in [6, 6.07) is 7.50. The fraction of sp³-hybridized carbons (Fsp3) is 0.364. The SMILES string of the molecule is CCOC(=O)c1c(C)[nH]c(C(=O)[C@@H](C)OC(=O)[C@H](C)NC(=O)c2ccccc2)c1C. The first-order valence-electron chi connectivity index (χ1n) is 9.64. The van der Waals surface area contributed by atoms with Crippen LogP contribution >= 0.6 is 0 Å². The van der Waals surface area contributed by atoms with Crippen molar-refractivity contribution in [3.8, 4) is 0 Å². The quantitative estimate of drug-likeness (QED) is 0.507. The summed E-state index contributed by atoms with van der Waals surface area (Å²) in [7, 11) is 0. The second-order valence-corrected chi connectivity index (χ2v) is 6.85. The minimum absolute atomic E-state index is 0.178. The lowest BCUT2D eigenvalue weighted by atomic mass is 10.1. The van der Waals surface area contributed by atoms with Gasteiger partial charge in [-0.3, -0.25) is 9.59 Å². The third-order valence-corrected chi connectivity index (χ3v) is 4.56. The van der Waals surface area contributed by atoms with E-state index in [0.29, 0.717) is 22.4 Å². The molecule has 0 unspecified atom stereocenters. The summed E-state index contributed by atoms with van der Waals surface area (Å²) in [5.74, 6) is -2.17. The zero-order chi connectivity index (χ0) is 22.4. The Balaban J connectivity index is 2.05. The molecule has 0 aliphatic rings. The van der Waals surface area contributed by atoms with Gasteiger partial charge in [-0.25, -0.2) is 9.59 Å². The molecule has 2 rings (SSSR count).